The third-order valence-corrected chi connectivity index (χ3v) is 5.57. The van der Waals surface area contributed by atoms with E-state index in [0.29, 0.717) is 17.3 Å². The molecule has 0 fully saturated rings. The Bertz CT molecular complexity index is 500. The minimum atomic E-state index is -3.40. The van der Waals surface area contributed by atoms with Crippen molar-refractivity contribution in [1.29, 1.82) is 0 Å². The second-order valence-electron chi connectivity index (χ2n) is 4.31. The van der Waals surface area contributed by atoms with Crippen LogP contribution >= 0.6 is 23.4 Å². The highest BCUT2D eigenvalue weighted by atomic mass is 35.5. The molecule has 1 aromatic rings. The molecule has 0 amide bonds. The van der Waals surface area contributed by atoms with Crippen LogP contribution < -0.4 is 0 Å². The topological polar surface area (TPSA) is 42.3 Å². The number of halogens is 1. The largest absolute Gasteiger partial charge is 0.349 e. The number of hydrogen-bond acceptors (Lipinski definition) is 3. The summed E-state index contributed by atoms with van der Waals surface area (Å²) in [4.78, 5) is 0.334. The Hall–Kier alpha value is -0.170. The number of aryl methyl sites for hydroxylation is 1. The highest BCUT2D eigenvalue weighted by Crippen LogP contribution is 2.20. The first-order chi connectivity index (χ1) is 8.97. The Kier molecular flexibility index (Phi) is 6.73. The van der Waals surface area contributed by atoms with Crippen molar-refractivity contribution >= 4 is 33.4 Å². The third kappa shape index (κ3) is 4.15. The van der Waals surface area contributed by atoms with Crippen molar-refractivity contribution in [2.24, 2.45) is 0 Å². The van der Waals surface area contributed by atoms with Gasteiger partial charge in [-0.15, -0.1) is 11.6 Å². The predicted molar refractivity (Wildman–Crippen MR) is 82.5 cm³/mol. The molecular formula is C12H21ClN2O2S2. The van der Waals surface area contributed by atoms with Crippen molar-refractivity contribution < 1.29 is 8.42 Å². The summed E-state index contributed by atoms with van der Waals surface area (Å²) in [5.41, 5.74) is 0.848. The summed E-state index contributed by atoms with van der Waals surface area (Å²) in [5.74, 6) is 1.11. The lowest BCUT2D eigenvalue weighted by Crippen LogP contribution is -2.28. The van der Waals surface area contributed by atoms with E-state index in [-0.39, 0.29) is 0 Å². The summed E-state index contributed by atoms with van der Waals surface area (Å²) in [6, 6.07) is 1.67. The Morgan fingerprint density at radius 2 is 2.16 bits per heavy atom. The highest BCUT2D eigenvalue weighted by Gasteiger charge is 2.22. The fourth-order valence-electron chi connectivity index (χ4n) is 1.75. The Morgan fingerprint density at radius 1 is 1.47 bits per heavy atom. The molecule has 110 valence electrons. The minimum absolute atomic E-state index is 0.323. The fourth-order valence-corrected chi connectivity index (χ4v) is 3.79. The highest BCUT2D eigenvalue weighted by molar-refractivity contribution is 7.98. The molecule has 19 heavy (non-hydrogen) atoms. The van der Waals surface area contributed by atoms with Crippen molar-refractivity contribution in [3.63, 3.8) is 0 Å². The van der Waals surface area contributed by atoms with Gasteiger partial charge in [0, 0.05) is 37.8 Å². The van der Waals surface area contributed by atoms with Crippen molar-refractivity contribution in [2.45, 2.75) is 30.7 Å². The average Bonchev–Trinajstić information content (AvgIpc) is 2.80. The first-order valence-electron chi connectivity index (χ1n) is 6.17. The lowest BCUT2D eigenvalue weighted by molar-refractivity contribution is 0.488. The number of rotatable bonds is 8. The van der Waals surface area contributed by atoms with Gasteiger partial charge in [0.15, 0.2) is 0 Å². The lowest BCUT2D eigenvalue weighted by Gasteiger charge is -2.15. The molecule has 1 heterocycles. The molecule has 0 aliphatic heterocycles. The molecule has 0 aromatic carbocycles. The number of sulfonamides is 1. The Balaban J connectivity index is 3.01. The van der Waals surface area contributed by atoms with Crippen molar-refractivity contribution in [3.05, 3.63) is 18.0 Å². The van der Waals surface area contributed by atoms with Gasteiger partial charge in [-0.05, 0) is 18.7 Å². The fraction of sp³-hybridized carbons (Fsp3) is 0.667. The van der Waals surface area contributed by atoms with Crippen LogP contribution in [0.5, 0.6) is 0 Å². The maximum absolute atomic E-state index is 12.4. The number of nitrogens with zero attached hydrogens (tertiary/aromatic N) is 2. The van der Waals surface area contributed by atoms with Gasteiger partial charge in [-0.2, -0.15) is 11.8 Å². The zero-order chi connectivity index (χ0) is 14.5. The smallest absolute Gasteiger partial charge is 0.244 e. The number of thioether (sulfide) groups is 1. The van der Waals surface area contributed by atoms with Gasteiger partial charge in [0.2, 0.25) is 10.0 Å². The second kappa shape index (κ2) is 7.57. The van der Waals surface area contributed by atoms with Gasteiger partial charge in [0.1, 0.15) is 4.90 Å². The zero-order valence-electron chi connectivity index (χ0n) is 11.6. The molecule has 0 radical (unpaired) electrons. The number of hydrogen-bond donors (Lipinski definition) is 0. The van der Waals surface area contributed by atoms with E-state index < -0.39 is 10.0 Å². The van der Waals surface area contributed by atoms with Crippen LogP contribution in [0.2, 0.25) is 0 Å². The predicted octanol–water partition coefficient (Wildman–Crippen LogP) is 2.62. The molecule has 7 heteroatoms. The van der Waals surface area contributed by atoms with E-state index in [1.54, 1.807) is 31.1 Å². The summed E-state index contributed by atoms with van der Waals surface area (Å²) in [6.07, 6.45) is 4.59. The molecule has 0 N–H and O–H groups in total. The van der Waals surface area contributed by atoms with Gasteiger partial charge in [0.25, 0.3) is 0 Å². The second-order valence-corrected chi connectivity index (χ2v) is 7.61. The molecule has 0 bridgehead atoms. The number of aromatic nitrogens is 1. The van der Waals surface area contributed by atoms with E-state index >= 15 is 0 Å². The molecule has 0 aliphatic carbocycles. The maximum Gasteiger partial charge on any atom is 0.244 e. The van der Waals surface area contributed by atoms with Gasteiger partial charge < -0.3 is 4.57 Å². The molecular weight excluding hydrogens is 304 g/mol. The molecule has 0 saturated heterocycles. The van der Waals surface area contributed by atoms with Gasteiger partial charge >= 0.3 is 0 Å². The normalized spacial score (nSPS) is 12.3. The van der Waals surface area contributed by atoms with E-state index in [1.807, 2.05) is 10.8 Å². The molecule has 0 saturated carbocycles. The van der Waals surface area contributed by atoms with Crippen LogP contribution in [0.4, 0.5) is 0 Å². The summed E-state index contributed by atoms with van der Waals surface area (Å²) in [6.45, 7) is 3.35. The molecule has 0 unspecified atom stereocenters. The van der Waals surface area contributed by atoms with Crippen molar-refractivity contribution in [3.8, 4) is 0 Å². The standard InChI is InChI=1S/C12H21ClN2O2S2/c1-4-5-15-10-12(8-11(15)9-13)19(16,17)14(2)6-7-18-3/h8,10H,4-7,9H2,1-3H3. The zero-order valence-corrected chi connectivity index (χ0v) is 14.0. The van der Waals surface area contributed by atoms with E-state index in [2.05, 4.69) is 6.92 Å². The van der Waals surface area contributed by atoms with Crippen LogP contribution in [0.3, 0.4) is 0 Å². The van der Waals surface area contributed by atoms with Crippen LogP contribution in [0.1, 0.15) is 19.0 Å². The minimum Gasteiger partial charge on any atom is -0.349 e. The lowest BCUT2D eigenvalue weighted by atomic mass is 10.4. The summed E-state index contributed by atoms with van der Waals surface area (Å²) < 4.78 is 28.1. The van der Waals surface area contributed by atoms with Crippen LogP contribution in [0.15, 0.2) is 17.2 Å². The van der Waals surface area contributed by atoms with Crippen LogP contribution in [-0.2, 0) is 22.4 Å². The van der Waals surface area contributed by atoms with Crippen molar-refractivity contribution in [1.82, 2.24) is 8.87 Å². The quantitative estimate of drug-likeness (QED) is 0.690. The van der Waals surface area contributed by atoms with Crippen molar-refractivity contribution in [2.75, 3.05) is 25.6 Å². The van der Waals surface area contributed by atoms with E-state index in [1.165, 1.54) is 4.31 Å². The van der Waals surface area contributed by atoms with E-state index in [4.69, 9.17) is 11.6 Å². The third-order valence-electron chi connectivity index (χ3n) is 2.88. The Morgan fingerprint density at radius 3 is 2.68 bits per heavy atom. The van der Waals surface area contributed by atoms with Crippen LogP contribution in [-0.4, -0.2) is 42.9 Å². The van der Waals surface area contributed by atoms with Crippen LogP contribution in [0, 0.1) is 0 Å². The van der Waals surface area contributed by atoms with Crippen LogP contribution in [0.25, 0.3) is 0 Å². The molecule has 0 aliphatic rings. The summed E-state index contributed by atoms with van der Waals surface area (Å²) in [5, 5.41) is 0. The average molecular weight is 325 g/mol. The van der Waals surface area contributed by atoms with Gasteiger partial charge in [-0.1, -0.05) is 6.92 Å². The molecule has 0 atom stereocenters. The van der Waals surface area contributed by atoms with Gasteiger partial charge in [-0.25, -0.2) is 12.7 Å². The van der Waals surface area contributed by atoms with E-state index in [9.17, 15) is 8.42 Å². The van der Waals surface area contributed by atoms with Gasteiger partial charge in [0.05, 0.1) is 5.88 Å². The van der Waals surface area contributed by atoms with E-state index in [0.717, 1.165) is 24.4 Å². The molecule has 1 aromatic heterocycles. The summed E-state index contributed by atoms with van der Waals surface area (Å²) >= 11 is 7.49. The summed E-state index contributed by atoms with van der Waals surface area (Å²) in [7, 11) is -1.79. The first-order valence-corrected chi connectivity index (χ1v) is 9.54. The monoisotopic (exact) mass is 324 g/mol. The Labute approximate surface area is 125 Å². The SMILES string of the molecule is CCCn1cc(S(=O)(=O)N(C)CCSC)cc1CCl. The molecule has 1 rings (SSSR count). The number of alkyl halides is 1. The maximum atomic E-state index is 12.4. The molecule has 0 spiro atoms. The molecule has 4 nitrogen and oxygen atoms in total. The van der Waals surface area contributed by atoms with Gasteiger partial charge in [-0.3, -0.25) is 0 Å². The first kappa shape index (κ1) is 16.9.